The van der Waals surface area contributed by atoms with Gasteiger partial charge in [-0.2, -0.15) is 0 Å². The molecule has 7 heteroatoms. The van der Waals surface area contributed by atoms with E-state index in [0.717, 1.165) is 10.8 Å². The molecule has 0 spiro atoms. The van der Waals surface area contributed by atoms with Crippen LogP contribution in [0.25, 0.3) is 10.8 Å². The van der Waals surface area contributed by atoms with Gasteiger partial charge in [0.25, 0.3) is 11.8 Å². The molecule has 2 rings (SSSR count). The van der Waals surface area contributed by atoms with Crippen molar-refractivity contribution in [1.29, 1.82) is 0 Å². The summed E-state index contributed by atoms with van der Waals surface area (Å²) in [6.45, 7) is 3.76. The summed E-state index contributed by atoms with van der Waals surface area (Å²) < 4.78 is 15.8. The predicted molar refractivity (Wildman–Crippen MR) is 103 cm³/mol. The molecule has 0 saturated carbocycles. The molecule has 0 heterocycles. The summed E-state index contributed by atoms with van der Waals surface area (Å²) in [5.74, 6) is -0.237. The smallest absolute Gasteiger partial charge is 0.258 e. The summed E-state index contributed by atoms with van der Waals surface area (Å²) in [6, 6.07) is 11.1. The Bertz CT molecular complexity index is 787. The van der Waals surface area contributed by atoms with Crippen LogP contribution in [0.1, 0.15) is 24.2 Å². The van der Waals surface area contributed by atoms with Crippen LogP contribution < -0.4 is 15.4 Å². The zero-order valence-electron chi connectivity index (χ0n) is 16.1. The van der Waals surface area contributed by atoms with E-state index in [-0.39, 0.29) is 31.0 Å². The SMILES string of the molecule is COC(CNC(=O)c1cc2ccccc2cc1OCC(=O)NC(C)C)OC. The van der Waals surface area contributed by atoms with Crippen LogP contribution in [0, 0.1) is 0 Å². The minimum absolute atomic E-state index is 0.0143. The van der Waals surface area contributed by atoms with E-state index >= 15 is 0 Å². The van der Waals surface area contributed by atoms with Crippen molar-refractivity contribution in [3.63, 3.8) is 0 Å². The lowest BCUT2D eigenvalue weighted by atomic mass is 10.1. The van der Waals surface area contributed by atoms with E-state index in [0.29, 0.717) is 11.3 Å². The number of fused-ring (bicyclic) bond motifs is 1. The van der Waals surface area contributed by atoms with Crippen LogP contribution in [0.2, 0.25) is 0 Å². The van der Waals surface area contributed by atoms with Gasteiger partial charge in [0.2, 0.25) is 0 Å². The fourth-order valence-electron chi connectivity index (χ4n) is 2.56. The number of hydrogen-bond donors (Lipinski definition) is 2. The molecule has 2 amide bonds. The molecular weight excluding hydrogens is 348 g/mol. The molecule has 0 saturated heterocycles. The van der Waals surface area contributed by atoms with Crippen LogP contribution in [-0.2, 0) is 14.3 Å². The number of rotatable bonds is 9. The lowest BCUT2D eigenvalue weighted by Gasteiger charge is -2.16. The number of nitrogens with one attached hydrogen (secondary N) is 2. The molecule has 0 atom stereocenters. The van der Waals surface area contributed by atoms with E-state index < -0.39 is 6.29 Å². The molecule has 0 aliphatic rings. The topological polar surface area (TPSA) is 85.9 Å². The van der Waals surface area contributed by atoms with Gasteiger partial charge in [-0.3, -0.25) is 9.59 Å². The molecule has 0 bridgehead atoms. The second kappa shape index (κ2) is 9.89. The zero-order chi connectivity index (χ0) is 19.8. The quantitative estimate of drug-likeness (QED) is 0.657. The monoisotopic (exact) mass is 374 g/mol. The molecule has 0 aromatic heterocycles. The van der Waals surface area contributed by atoms with Gasteiger partial charge in [0.1, 0.15) is 5.75 Å². The average molecular weight is 374 g/mol. The Morgan fingerprint density at radius 1 is 1.04 bits per heavy atom. The van der Waals surface area contributed by atoms with Crippen LogP contribution >= 0.6 is 0 Å². The third kappa shape index (κ3) is 5.94. The minimum Gasteiger partial charge on any atom is -0.483 e. The highest BCUT2D eigenvalue weighted by molar-refractivity contribution is 6.01. The van der Waals surface area contributed by atoms with Crippen LogP contribution in [0.3, 0.4) is 0 Å². The molecule has 0 aliphatic carbocycles. The fourth-order valence-corrected chi connectivity index (χ4v) is 2.56. The van der Waals surface area contributed by atoms with Crippen molar-refractivity contribution in [3.05, 3.63) is 42.0 Å². The average Bonchev–Trinajstić information content (AvgIpc) is 2.65. The van der Waals surface area contributed by atoms with Gasteiger partial charge < -0.3 is 24.8 Å². The van der Waals surface area contributed by atoms with E-state index in [2.05, 4.69) is 10.6 Å². The maximum atomic E-state index is 12.7. The molecule has 7 nitrogen and oxygen atoms in total. The number of hydrogen-bond acceptors (Lipinski definition) is 5. The van der Waals surface area contributed by atoms with Gasteiger partial charge in [-0.25, -0.2) is 0 Å². The normalized spacial score (nSPS) is 11.0. The van der Waals surface area contributed by atoms with Crippen molar-refractivity contribution in [2.24, 2.45) is 0 Å². The Morgan fingerprint density at radius 2 is 1.67 bits per heavy atom. The Hall–Kier alpha value is -2.64. The number of methoxy groups -OCH3 is 2. The summed E-state index contributed by atoms with van der Waals surface area (Å²) >= 11 is 0. The van der Waals surface area contributed by atoms with E-state index in [1.54, 1.807) is 12.1 Å². The van der Waals surface area contributed by atoms with Crippen molar-refractivity contribution in [1.82, 2.24) is 10.6 Å². The molecule has 0 fully saturated rings. The summed E-state index contributed by atoms with van der Waals surface area (Å²) in [5.41, 5.74) is 0.344. The van der Waals surface area contributed by atoms with Crippen molar-refractivity contribution < 1.29 is 23.8 Å². The van der Waals surface area contributed by atoms with Crippen molar-refractivity contribution in [2.75, 3.05) is 27.4 Å². The van der Waals surface area contributed by atoms with Gasteiger partial charge in [0.15, 0.2) is 12.9 Å². The van der Waals surface area contributed by atoms with Crippen molar-refractivity contribution in [3.8, 4) is 5.75 Å². The summed E-state index contributed by atoms with van der Waals surface area (Å²) in [7, 11) is 3.00. The first kappa shape index (κ1) is 20.7. The molecule has 2 aromatic carbocycles. The van der Waals surface area contributed by atoms with Gasteiger partial charge >= 0.3 is 0 Å². The highest BCUT2D eigenvalue weighted by Gasteiger charge is 2.17. The van der Waals surface area contributed by atoms with Crippen molar-refractivity contribution >= 4 is 22.6 Å². The lowest BCUT2D eigenvalue weighted by Crippen LogP contribution is -2.35. The van der Waals surface area contributed by atoms with E-state index in [4.69, 9.17) is 14.2 Å². The first-order valence-electron chi connectivity index (χ1n) is 8.73. The number of ether oxygens (including phenoxy) is 3. The van der Waals surface area contributed by atoms with Gasteiger partial charge in [-0.05, 0) is 36.8 Å². The summed E-state index contributed by atoms with van der Waals surface area (Å²) in [5, 5.41) is 7.33. The summed E-state index contributed by atoms with van der Waals surface area (Å²) in [6.07, 6.45) is -0.546. The lowest BCUT2D eigenvalue weighted by molar-refractivity contribution is -0.123. The molecule has 0 radical (unpaired) electrons. The Morgan fingerprint density at radius 3 is 2.26 bits per heavy atom. The van der Waals surface area contributed by atoms with Crippen LogP contribution in [-0.4, -0.2) is 51.5 Å². The van der Waals surface area contributed by atoms with Crippen LogP contribution in [0.4, 0.5) is 0 Å². The van der Waals surface area contributed by atoms with Crippen LogP contribution in [0.5, 0.6) is 5.75 Å². The third-order valence-electron chi connectivity index (χ3n) is 3.86. The molecule has 27 heavy (non-hydrogen) atoms. The molecule has 0 unspecified atom stereocenters. The second-order valence-electron chi connectivity index (χ2n) is 6.32. The van der Waals surface area contributed by atoms with Crippen LogP contribution in [0.15, 0.2) is 36.4 Å². The molecule has 2 N–H and O–H groups in total. The Kier molecular flexibility index (Phi) is 7.57. The van der Waals surface area contributed by atoms with E-state index in [9.17, 15) is 9.59 Å². The molecular formula is C20H26N2O5. The number of carbonyl (C=O) groups is 2. The first-order valence-corrected chi connectivity index (χ1v) is 8.73. The number of amides is 2. The highest BCUT2D eigenvalue weighted by atomic mass is 16.7. The highest BCUT2D eigenvalue weighted by Crippen LogP contribution is 2.26. The Labute approximate surface area is 159 Å². The number of carbonyl (C=O) groups excluding carboxylic acids is 2. The van der Waals surface area contributed by atoms with Crippen molar-refractivity contribution in [2.45, 2.75) is 26.2 Å². The second-order valence-corrected chi connectivity index (χ2v) is 6.32. The van der Waals surface area contributed by atoms with Gasteiger partial charge in [-0.1, -0.05) is 24.3 Å². The van der Waals surface area contributed by atoms with Gasteiger partial charge in [0, 0.05) is 20.3 Å². The Balaban J connectivity index is 2.23. The van der Waals surface area contributed by atoms with E-state index in [1.807, 2.05) is 38.1 Å². The summed E-state index contributed by atoms with van der Waals surface area (Å²) in [4.78, 5) is 24.6. The molecule has 2 aromatic rings. The molecule has 146 valence electrons. The minimum atomic E-state index is -0.546. The first-order chi connectivity index (χ1) is 12.9. The van der Waals surface area contributed by atoms with E-state index in [1.165, 1.54) is 14.2 Å². The van der Waals surface area contributed by atoms with Gasteiger partial charge in [-0.15, -0.1) is 0 Å². The fraction of sp³-hybridized carbons (Fsp3) is 0.400. The number of benzene rings is 2. The largest absolute Gasteiger partial charge is 0.483 e. The molecule has 0 aliphatic heterocycles. The standard InChI is InChI=1S/C20H26N2O5/c1-13(2)22-18(23)12-27-17-10-15-8-6-5-7-14(15)9-16(17)20(24)21-11-19(25-3)26-4/h5-10,13,19H,11-12H2,1-4H3,(H,21,24)(H,22,23). The maximum absolute atomic E-state index is 12.7. The third-order valence-corrected chi connectivity index (χ3v) is 3.86. The predicted octanol–water partition coefficient (Wildman–Crippen LogP) is 2.09. The zero-order valence-corrected chi connectivity index (χ0v) is 16.1. The van der Waals surface area contributed by atoms with Gasteiger partial charge in [0.05, 0.1) is 12.1 Å². The maximum Gasteiger partial charge on any atom is 0.258 e.